The van der Waals surface area contributed by atoms with E-state index in [1.54, 1.807) is 0 Å². The van der Waals surface area contributed by atoms with Gasteiger partial charge < -0.3 is 10.4 Å². The first-order chi connectivity index (χ1) is 9.98. The summed E-state index contributed by atoms with van der Waals surface area (Å²) in [6, 6.07) is 0.329. The van der Waals surface area contributed by atoms with Crippen LogP contribution in [0.25, 0.3) is 0 Å². The summed E-state index contributed by atoms with van der Waals surface area (Å²) < 4.78 is 37.0. The van der Waals surface area contributed by atoms with Crippen molar-refractivity contribution in [1.29, 1.82) is 0 Å². The molecule has 3 nitrogen and oxygen atoms in total. The first-order valence-electron chi connectivity index (χ1n) is 8.11. The maximum Gasteiger partial charge on any atom is 0.401 e. The first kappa shape index (κ1) is 17.0. The predicted octanol–water partition coefficient (Wildman–Crippen LogP) is 2.40. The number of aliphatic hydroxyl groups is 1. The number of aliphatic hydroxyl groups excluding tert-OH is 1. The van der Waals surface area contributed by atoms with Crippen molar-refractivity contribution in [3.63, 3.8) is 0 Å². The van der Waals surface area contributed by atoms with E-state index < -0.39 is 12.7 Å². The summed E-state index contributed by atoms with van der Waals surface area (Å²) in [6.45, 7) is 1.41. The van der Waals surface area contributed by atoms with E-state index in [9.17, 15) is 18.3 Å². The van der Waals surface area contributed by atoms with E-state index in [2.05, 4.69) is 5.32 Å². The largest absolute Gasteiger partial charge is 0.401 e. The highest BCUT2D eigenvalue weighted by molar-refractivity contribution is 4.82. The lowest BCUT2D eigenvalue weighted by Gasteiger charge is -2.35. The third-order valence-electron chi connectivity index (χ3n) is 4.96. The summed E-state index contributed by atoms with van der Waals surface area (Å²) in [5.41, 5.74) is 0. The Morgan fingerprint density at radius 2 is 1.62 bits per heavy atom. The normalized spacial score (nSPS) is 29.7. The van der Waals surface area contributed by atoms with E-state index in [0.29, 0.717) is 31.0 Å². The van der Waals surface area contributed by atoms with Crippen LogP contribution < -0.4 is 5.32 Å². The Balaban J connectivity index is 1.66. The molecule has 1 aliphatic heterocycles. The summed E-state index contributed by atoms with van der Waals surface area (Å²) in [4.78, 5) is 1.50. The molecule has 2 unspecified atom stereocenters. The molecular weight excluding hydrogens is 281 g/mol. The zero-order chi connectivity index (χ0) is 15.3. The summed E-state index contributed by atoms with van der Waals surface area (Å²) in [5.74, 6) is 0.925. The third kappa shape index (κ3) is 5.75. The summed E-state index contributed by atoms with van der Waals surface area (Å²) in [7, 11) is 0. The van der Waals surface area contributed by atoms with Gasteiger partial charge in [0, 0.05) is 12.6 Å². The molecule has 2 aliphatic rings. The zero-order valence-electron chi connectivity index (χ0n) is 12.5. The Labute approximate surface area is 124 Å². The van der Waals surface area contributed by atoms with Crippen molar-refractivity contribution in [3.8, 4) is 0 Å². The molecule has 0 aromatic rings. The van der Waals surface area contributed by atoms with Gasteiger partial charge in [-0.15, -0.1) is 0 Å². The van der Waals surface area contributed by atoms with Crippen LogP contribution in [0.4, 0.5) is 13.2 Å². The van der Waals surface area contributed by atoms with Crippen LogP contribution in [-0.2, 0) is 0 Å². The average Bonchev–Trinajstić information content (AvgIpc) is 2.45. The van der Waals surface area contributed by atoms with Gasteiger partial charge in [-0.25, -0.2) is 0 Å². The van der Waals surface area contributed by atoms with Gasteiger partial charge in [0.15, 0.2) is 0 Å². The fourth-order valence-corrected chi connectivity index (χ4v) is 3.66. The summed E-state index contributed by atoms with van der Waals surface area (Å²) in [5, 5.41) is 12.9. The van der Waals surface area contributed by atoms with E-state index >= 15 is 0 Å². The van der Waals surface area contributed by atoms with E-state index in [4.69, 9.17) is 0 Å². The molecule has 1 saturated heterocycles. The number of likely N-dealkylation sites (tertiary alicyclic amines) is 1. The van der Waals surface area contributed by atoms with Crippen LogP contribution in [0.1, 0.15) is 38.5 Å². The molecule has 0 aromatic heterocycles. The minimum atomic E-state index is -4.09. The lowest BCUT2D eigenvalue weighted by Crippen LogP contribution is -2.47. The van der Waals surface area contributed by atoms with Crippen molar-refractivity contribution < 1.29 is 18.3 Å². The summed E-state index contributed by atoms with van der Waals surface area (Å²) >= 11 is 0. The fraction of sp³-hybridized carbons (Fsp3) is 1.00. The number of hydrogen-bond acceptors (Lipinski definition) is 3. The highest BCUT2D eigenvalue weighted by Crippen LogP contribution is 2.29. The number of rotatable bonds is 5. The Morgan fingerprint density at radius 1 is 1.00 bits per heavy atom. The lowest BCUT2D eigenvalue weighted by molar-refractivity contribution is -0.148. The third-order valence-corrected chi connectivity index (χ3v) is 4.96. The van der Waals surface area contributed by atoms with Crippen LogP contribution in [-0.4, -0.2) is 55.0 Å². The number of halogens is 3. The summed E-state index contributed by atoms with van der Waals surface area (Å²) in [6.07, 6.45) is 2.18. The molecule has 2 fully saturated rings. The van der Waals surface area contributed by atoms with Crippen molar-refractivity contribution in [2.24, 2.45) is 11.8 Å². The van der Waals surface area contributed by atoms with Gasteiger partial charge in [0.2, 0.25) is 0 Å². The first-order valence-corrected chi connectivity index (χ1v) is 8.11. The van der Waals surface area contributed by atoms with Gasteiger partial charge in [0.05, 0.1) is 6.54 Å². The minimum Gasteiger partial charge on any atom is -0.396 e. The average molecular weight is 308 g/mol. The molecule has 0 aromatic carbocycles. The van der Waals surface area contributed by atoms with E-state index in [-0.39, 0.29) is 6.61 Å². The Bertz CT molecular complexity index is 304. The monoisotopic (exact) mass is 308 g/mol. The second kappa shape index (κ2) is 7.79. The minimum absolute atomic E-state index is 0.260. The molecule has 0 radical (unpaired) electrons. The van der Waals surface area contributed by atoms with Gasteiger partial charge in [-0.05, 0) is 57.2 Å². The second-order valence-corrected chi connectivity index (χ2v) is 6.56. The number of piperidine rings is 1. The van der Waals surface area contributed by atoms with Crippen LogP contribution in [0.5, 0.6) is 0 Å². The predicted molar refractivity (Wildman–Crippen MR) is 76.1 cm³/mol. The van der Waals surface area contributed by atoms with Gasteiger partial charge in [0.1, 0.15) is 0 Å². The van der Waals surface area contributed by atoms with E-state index in [1.807, 2.05) is 0 Å². The molecule has 0 bridgehead atoms. The maximum atomic E-state index is 12.3. The van der Waals surface area contributed by atoms with Gasteiger partial charge >= 0.3 is 6.18 Å². The Kier molecular flexibility index (Phi) is 6.32. The topological polar surface area (TPSA) is 35.5 Å². The number of hydrogen-bond donors (Lipinski definition) is 2. The molecule has 2 atom stereocenters. The highest BCUT2D eigenvalue weighted by Gasteiger charge is 2.32. The smallest absolute Gasteiger partial charge is 0.396 e. The van der Waals surface area contributed by atoms with Crippen molar-refractivity contribution >= 4 is 0 Å². The maximum absolute atomic E-state index is 12.3. The molecule has 0 spiro atoms. The molecule has 0 amide bonds. The van der Waals surface area contributed by atoms with Crippen molar-refractivity contribution in [2.75, 3.05) is 32.8 Å². The molecule has 6 heteroatoms. The van der Waals surface area contributed by atoms with Crippen LogP contribution in [0.2, 0.25) is 0 Å². The number of alkyl halides is 3. The van der Waals surface area contributed by atoms with Crippen LogP contribution in [0.3, 0.4) is 0 Å². The highest BCUT2D eigenvalue weighted by atomic mass is 19.4. The Hall–Kier alpha value is -0.330. The van der Waals surface area contributed by atoms with Crippen molar-refractivity contribution in [2.45, 2.75) is 50.7 Å². The molecule has 2 N–H and O–H groups in total. The van der Waals surface area contributed by atoms with E-state index in [0.717, 1.165) is 32.2 Å². The fourth-order valence-electron chi connectivity index (χ4n) is 3.66. The molecule has 1 aliphatic carbocycles. The standard InChI is InChI=1S/C15H27F3N2O/c16-15(17,18)11-20-7-5-14(6-8-20)19-9-12-3-1-2-4-13(12)10-21/h12-14,19,21H,1-11H2. The van der Waals surface area contributed by atoms with Crippen LogP contribution in [0, 0.1) is 11.8 Å². The van der Waals surface area contributed by atoms with Gasteiger partial charge in [0.25, 0.3) is 0 Å². The van der Waals surface area contributed by atoms with Gasteiger partial charge in [-0.1, -0.05) is 12.8 Å². The number of nitrogens with one attached hydrogen (secondary N) is 1. The molecule has 21 heavy (non-hydrogen) atoms. The molecule has 1 heterocycles. The molecule has 124 valence electrons. The van der Waals surface area contributed by atoms with E-state index in [1.165, 1.54) is 17.7 Å². The zero-order valence-corrected chi connectivity index (χ0v) is 12.5. The number of nitrogens with zero attached hydrogens (tertiary/aromatic N) is 1. The quantitative estimate of drug-likeness (QED) is 0.819. The SMILES string of the molecule is OCC1CCCCC1CNC1CCN(CC(F)(F)F)CC1. The van der Waals surface area contributed by atoms with Crippen molar-refractivity contribution in [1.82, 2.24) is 10.2 Å². The molecule has 1 saturated carbocycles. The molecular formula is C15H27F3N2O. The van der Waals surface area contributed by atoms with Crippen LogP contribution in [0.15, 0.2) is 0 Å². The molecule has 2 rings (SSSR count). The van der Waals surface area contributed by atoms with Gasteiger partial charge in [-0.3, -0.25) is 4.90 Å². The van der Waals surface area contributed by atoms with Crippen LogP contribution >= 0.6 is 0 Å². The second-order valence-electron chi connectivity index (χ2n) is 6.56. The van der Waals surface area contributed by atoms with Crippen molar-refractivity contribution in [3.05, 3.63) is 0 Å². The Morgan fingerprint density at radius 3 is 2.19 bits per heavy atom. The van der Waals surface area contributed by atoms with Gasteiger partial charge in [-0.2, -0.15) is 13.2 Å². The lowest BCUT2D eigenvalue weighted by atomic mass is 9.79.